The normalized spacial score (nSPS) is 11.9. The molecule has 0 radical (unpaired) electrons. The monoisotopic (exact) mass is 486 g/mol. The van der Waals surface area contributed by atoms with E-state index in [-0.39, 0.29) is 154 Å². The second-order valence-electron chi connectivity index (χ2n) is 5.00. The minimum atomic E-state index is -3.17. The summed E-state index contributed by atoms with van der Waals surface area (Å²) >= 11 is 0. The van der Waals surface area contributed by atoms with Gasteiger partial charge in [-0.2, -0.15) is 0 Å². The average molecular weight is 487 g/mol. The summed E-state index contributed by atoms with van der Waals surface area (Å²) in [6, 6.07) is 0. The van der Waals surface area contributed by atoms with Gasteiger partial charge in [-0.1, -0.05) is 0 Å². The van der Waals surface area contributed by atoms with Crippen molar-refractivity contribution >= 4 is 190 Å². The van der Waals surface area contributed by atoms with Gasteiger partial charge in [0.15, 0.2) is 5.60 Å². The third-order valence-electron chi connectivity index (χ3n) is 2.85. The zero-order chi connectivity index (χ0) is 20.0. The first-order valence-electron chi connectivity index (χ1n) is 6.30. The Morgan fingerprint density at radius 2 is 0.964 bits per heavy atom. The Hall–Kier alpha value is 1.69. The van der Waals surface area contributed by atoms with E-state index in [0.29, 0.717) is 0 Å². The molecule has 0 aliphatic heterocycles. The van der Waals surface area contributed by atoms with Crippen LogP contribution in [0.2, 0.25) is 0 Å². The van der Waals surface area contributed by atoms with Crippen LogP contribution in [0, 0.1) is 0 Å². The van der Waals surface area contributed by atoms with Crippen LogP contribution in [0.15, 0.2) is 0 Å². The Morgan fingerprint density at radius 1 is 0.607 bits per heavy atom. The molecule has 0 saturated carbocycles. The molecule has 0 aliphatic carbocycles. The predicted molar refractivity (Wildman–Crippen MR) is 91.9 cm³/mol. The van der Waals surface area contributed by atoms with Gasteiger partial charge in [0.2, 0.25) is 5.60 Å². The van der Waals surface area contributed by atoms with Crippen molar-refractivity contribution in [3.8, 4) is 0 Å². The van der Waals surface area contributed by atoms with Gasteiger partial charge in [0.05, 0.1) is 25.7 Å². The summed E-state index contributed by atoms with van der Waals surface area (Å²) in [4.78, 5) is 66.0. The summed E-state index contributed by atoms with van der Waals surface area (Å²) in [6.45, 7) is 0. The minimum absolute atomic E-state index is 0. The molecule has 0 aromatic carbocycles. The number of aliphatic carboxylic acids is 5. The van der Waals surface area contributed by atoms with Gasteiger partial charge in [-0.3, -0.25) is 19.2 Å². The van der Waals surface area contributed by atoms with Gasteiger partial charge >= 0.3 is 190 Å². The summed E-state index contributed by atoms with van der Waals surface area (Å²) in [5.74, 6) is -11.6. The van der Waals surface area contributed by atoms with Crippen LogP contribution in [0.25, 0.3) is 0 Å². The van der Waals surface area contributed by atoms with Gasteiger partial charge in [0.1, 0.15) is 0 Å². The summed E-state index contributed by atoms with van der Waals surface area (Å²) < 4.78 is 4.33. The van der Waals surface area contributed by atoms with Gasteiger partial charge in [-0.25, -0.2) is 9.59 Å². The summed E-state index contributed by atoms with van der Waals surface area (Å²) in [7, 11) is 0. The van der Waals surface area contributed by atoms with Crippen LogP contribution in [0.3, 0.4) is 0 Å². The second-order valence-corrected chi connectivity index (χ2v) is 5.00. The van der Waals surface area contributed by atoms with Crippen LogP contribution >= 0.6 is 0 Å². The fraction of sp³-hybridized carbons (Fsp3) is 0.500. The molecule has 13 nitrogen and oxygen atoms in total. The van der Waals surface area contributed by atoms with Crippen LogP contribution in [0.1, 0.15) is 25.7 Å². The third-order valence-corrected chi connectivity index (χ3v) is 2.85. The molecule has 6 N–H and O–H groups in total. The Balaban J connectivity index is -0.000000960. The average Bonchev–Trinajstić information content (AvgIpc) is 2.34. The number of rotatable bonds is 11. The number of carbonyl (C=O) groups is 6. The van der Waals surface area contributed by atoms with Crippen molar-refractivity contribution in [2.75, 3.05) is 0 Å². The van der Waals surface area contributed by atoms with E-state index in [1.54, 1.807) is 0 Å². The molecule has 1 unspecified atom stereocenters. The number of aliphatic hydroxyl groups is 1. The first-order chi connectivity index (χ1) is 11.2. The van der Waals surface area contributed by atoms with Crippen LogP contribution in [0.4, 0.5) is 0 Å². The first-order valence-corrected chi connectivity index (χ1v) is 6.30. The van der Waals surface area contributed by atoms with Crippen molar-refractivity contribution < 1.29 is 64.1 Å². The Labute approximate surface area is 284 Å². The number of carboxylic acid groups (broad SMARTS) is 5. The van der Waals surface area contributed by atoms with Crippen molar-refractivity contribution in [3.63, 3.8) is 0 Å². The van der Waals surface area contributed by atoms with E-state index in [9.17, 15) is 33.9 Å². The Kier molecular flexibility index (Phi) is 21.6. The van der Waals surface area contributed by atoms with Crippen LogP contribution < -0.4 is 0 Å². The van der Waals surface area contributed by atoms with E-state index in [2.05, 4.69) is 4.74 Å². The molecular weight excluding hydrogens is 469 g/mol. The Bertz CT molecular complexity index is 604. The van der Waals surface area contributed by atoms with Crippen molar-refractivity contribution in [2.24, 2.45) is 0 Å². The first kappa shape index (κ1) is 37.0. The Morgan fingerprint density at radius 3 is 1.21 bits per heavy atom. The summed E-state index contributed by atoms with van der Waals surface area (Å²) in [6.07, 6.45) is -5.94. The molecule has 0 bridgehead atoms. The van der Waals surface area contributed by atoms with Crippen LogP contribution in [0.5, 0.6) is 0 Å². The predicted octanol–water partition coefficient (Wildman–Crippen LogP) is -3.96. The molecule has 0 aliphatic rings. The molecule has 146 valence electrons. The van der Waals surface area contributed by atoms with Crippen LogP contribution in [-0.4, -0.2) is 232 Å². The molecule has 0 saturated heterocycles. The van der Waals surface area contributed by atoms with Crippen molar-refractivity contribution in [1.29, 1.82) is 0 Å². The molecule has 0 fully saturated rings. The number of hydrogen-bond acceptors (Lipinski definition) is 8. The van der Waals surface area contributed by atoms with E-state index in [0.717, 1.165) is 0 Å². The number of carboxylic acids is 5. The molecule has 0 rings (SSSR count). The molecule has 16 heteroatoms. The molecular formula is C12H17K3O13. The van der Waals surface area contributed by atoms with Crippen molar-refractivity contribution in [2.45, 2.75) is 36.9 Å². The standard InChI is InChI=1S/C12H14O13.3K.3H/c13-5(14)1-11(24,9(20)21)4-8(19)25-12(10(22)23,2-6(15)16)3-7(17)18;;;;;;/h24H,1-4H2,(H,13,14)(H,15,16)(H,17,18)(H,20,21)(H,22,23);;;;;;. The number of ether oxygens (including phenoxy) is 1. The maximum absolute atomic E-state index is 11.7. The van der Waals surface area contributed by atoms with E-state index >= 15 is 0 Å². The SMILES string of the molecule is O=C(O)CC(O)(CC(=O)OC(CC(=O)O)(CC(=O)O)C(=O)O)C(=O)O.[KH].[KH].[KH]. The van der Waals surface area contributed by atoms with Gasteiger partial charge < -0.3 is 35.4 Å². The van der Waals surface area contributed by atoms with Gasteiger partial charge in [-0.15, -0.1) is 0 Å². The summed E-state index contributed by atoms with van der Waals surface area (Å²) in [5, 5.41) is 53.5. The molecule has 0 aromatic heterocycles. The topological polar surface area (TPSA) is 233 Å². The molecule has 1 atom stereocenters. The molecule has 0 spiro atoms. The molecule has 28 heavy (non-hydrogen) atoms. The maximum atomic E-state index is 11.7. The number of esters is 1. The van der Waals surface area contributed by atoms with Crippen molar-refractivity contribution in [1.82, 2.24) is 0 Å². The van der Waals surface area contributed by atoms with Crippen molar-refractivity contribution in [3.05, 3.63) is 0 Å². The third kappa shape index (κ3) is 13.2. The van der Waals surface area contributed by atoms with Gasteiger partial charge in [-0.05, 0) is 0 Å². The van der Waals surface area contributed by atoms with Gasteiger partial charge in [0, 0.05) is 0 Å². The van der Waals surface area contributed by atoms with E-state index in [1.807, 2.05) is 0 Å². The fourth-order valence-corrected chi connectivity index (χ4v) is 1.77. The zero-order valence-electron chi connectivity index (χ0n) is 12.4. The van der Waals surface area contributed by atoms with E-state index in [4.69, 9.17) is 25.5 Å². The second kappa shape index (κ2) is 16.3. The van der Waals surface area contributed by atoms with E-state index in [1.165, 1.54) is 0 Å². The number of hydrogen-bond donors (Lipinski definition) is 6. The number of carbonyl (C=O) groups excluding carboxylic acids is 1. The van der Waals surface area contributed by atoms with Gasteiger partial charge in [0.25, 0.3) is 0 Å². The quantitative estimate of drug-likeness (QED) is 0.121. The van der Waals surface area contributed by atoms with Crippen LogP contribution in [-0.2, 0) is 33.5 Å². The molecule has 0 heterocycles. The summed E-state index contributed by atoms with van der Waals surface area (Å²) in [5.41, 5.74) is -6.24. The molecule has 0 aromatic rings. The molecule has 0 amide bonds. The fourth-order valence-electron chi connectivity index (χ4n) is 1.77. The van der Waals surface area contributed by atoms with E-state index < -0.39 is 72.7 Å². The zero-order valence-corrected chi connectivity index (χ0v) is 12.4.